The van der Waals surface area contributed by atoms with Gasteiger partial charge in [0, 0.05) is 5.69 Å². The van der Waals surface area contributed by atoms with Crippen LogP contribution in [-0.4, -0.2) is 42.2 Å². The Hall–Kier alpha value is -2.54. The lowest BCUT2D eigenvalue weighted by Crippen LogP contribution is -2.54. The molecule has 3 rings (SSSR count). The molecule has 2 aromatic rings. The molecule has 3 atom stereocenters. The van der Waals surface area contributed by atoms with Gasteiger partial charge in [0.15, 0.2) is 0 Å². The quantitative estimate of drug-likeness (QED) is 0.387. The minimum Gasteiger partial charge on any atom is -0.305 e. The predicted octanol–water partition coefficient (Wildman–Crippen LogP) is 3.00. The van der Waals surface area contributed by atoms with Crippen molar-refractivity contribution in [3.63, 3.8) is 0 Å². The van der Waals surface area contributed by atoms with E-state index in [9.17, 15) is 9.59 Å². The first-order valence-corrected chi connectivity index (χ1v) is 10.1. The van der Waals surface area contributed by atoms with E-state index < -0.39 is 12.1 Å². The maximum atomic E-state index is 13.3. The summed E-state index contributed by atoms with van der Waals surface area (Å²) in [5, 5.41) is 12.1. The molecule has 1 amide bonds. The van der Waals surface area contributed by atoms with Crippen molar-refractivity contribution in [1.29, 1.82) is 0 Å². The first kappa shape index (κ1) is 21.2. The van der Waals surface area contributed by atoms with E-state index in [4.69, 9.17) is 5.26 Å². The van der Waals surface area contributed by atoms with E-state index >= 15 is 0 Å². The van der Waals surface area contributed by atoms with Crippen LogP contribution in [0.4, 0.5) is 5.69 Å². The number of carbonyl (C=O) groups is 2. The van der Waals surface area contributed by atoms with Crippen LogP contribution in [-0.2, 0) is 27.3 Å². The highest BCUT2D eigenvalue weighted by molar-refractivity contribution is 5.98. The normalized spacial score (nSPS) is 18.0. The fourth-order valence-corrected chi connectivity index (χ4v) is 3.91. The van der Waals surface area contributed by atoms with E-state index in [0.29, 0.717) is 12.8 Å². The van der Waals surface area contributed by atoms with Crippen LogP contribution < -0.4 is 10.2 Å². The number of hydrogen-bond donors (Lipinski definition) is 2. The lowest BCUT2D eigenvalue weighted by molar-refractivity contribution is -0.245. The first-order valence-electron chi connectivity index (χ1n) is 10.1. The van der Waals surface area contributed by atoms with Gasteiger partial charge in [-0.05, 0) is 49.8 Å². The molecule has 1 heterocycles. The third-order valence-electron chi connectivity index (χ3n) is 5.45. The van der Waals surface area contributed by atoms with E-state index in [1.165, 1.54) is 0 Å². The van der Waals surface area contributed by atoms with Crippen LogP contribution in [0.15, 0.2) is 54.6 Å². The highest BCUT2D eigenvalue weighted by atomic mass is 17.1. The monoisotopic (exact) mass is 396 g/mol. The van der Waals surface area contributed by atoms with Gasteiger partial charge >= 0.3 is 0 Å². The molecule has 2 unspecified atom stereocenters. The van der Waals surface area contributed by atoms with Crippen molar-refractivity contribution >= 4 is 17.9 Å². The number of amides is 1. The zero-order valence-corrected chi connectivity index (χ0v) is 16.7. The summed E-state index contributed by atoms with van der Waals surface area (Å²) in [7, 11) is 0. The Morgan fingerprint density at radius 1 is 1.24 bits per heavy atom. The molecular formula is C23H28N2O4. The minimum atomic E-state index is -0.548. The molecule has 0 bridgehead atoms. The summed E-state index contributed by atoms with van der Waals surface area (Å²) in [6.07, 6.45) is 3.77. The summed E-state index contributed by atoms with van der Waals surface area (Å²) in [6.45, 7) is 1.83. The van der Waals surface area contributed by atoms with Gasteiger partial charge in [0.05, 0.1) is 18.1 Å². The number of nitrogens with one attached hydrogen (secondary N) is 1. The Kier molecular flexibility index (Phi) is 7.52. The second-order valence-electron chi connectivity index (χ2n) is 7.48. The van der Waals surface area contributed by atoms with Crippen LogP contribution in [0, 0.1) is 0 Å². The van der Waals surface area contributed by atoms with Gasteiger partial charge in [-0.25, -0.2) is 4.89 Å². The third-order valence-corrected chi connectivity index (χ3v) is 5.45. The molecule has 2 aromatic carbocycles. The molecular weight excluding hydrogens is 368 g/mol. The van der Waals surface area contributed by atoms with Gasteiger partial charge in [-0.1, -0.05) is 48.5 Å². The van der Waals surface area contributed by atoms with Crippen molar-refractivity contribution in [3.05, 3.63) is 65.7 Å². The Morgan fingerprint density at radius 3 is 2.69 bits per heavy atom. The van der Waals surface area contributed by atoms with Crippen LogP contribution in [0.1, 0.15) is 30.9 Å². The third kappa shape index (κ3) is 5.29. The largest absolute Gasteiger partial charge is 0.305 e. The summed E-state index contributed by atoms with van der Waals surface area (Å²) in [5.41, 5.74) is 3.09. The standard InChI is InChI=1S/C23H28N2O4/c1-17(24-20(15-26)13-11-18-7-3-2-4-8-18)23(27)25-21(16-29-28)14-12-19-9-5-6-10-22(19)25/h2-10,15,17,20-21,24,28H,11-14,16H2,1H3/t17?,20-,21?/m0/s1. The van der Waals surface area contributed by atoms with Crippen molar-refractivity contribution in [2.24, 2.45) is 0 Å². The number of aldehydes is 1. The summed E-state index contributed by atoms with van der Waals surface area (Å²) < 4.78 is 0. The molecule has 6 heteroatoms. The fourth-order valence-electron chi connectivity index (χ4n) is 3.91. The lowest BCUT2D eigenvalue weighted by Gasteiger charge is -2.38. The first-order chi connectivity index (χ1) is 14.1. The van der Waals surface area contributed by atoms with E-state index in [2.05, 4.69) is 10.2 Å². The number of anilines is 1. The maximum Gasteiger partial charge on any atom is 0.244 e. The summed E-state index contributed by atoms with van der Waals surface area (Å²) in [4.78, 5) is 30.9. The topological polar surface area (TPSA) is 78.9 Å². The minimum absolute atomic E-state index is 0.0535. The molecule has 0 spiro atoms. The Morgan fingerprint density at radius 2 is 1.97 bits per heavy atom. The van der Waals surface area contributed by atoms with Crippen LogP contribution >= 0.6 is 0 Å². The van der Waals surface area contributed by atoms with Gasteiger partial charge in [-0.2, -0.15) is 0 Å². The van der Waals surface area contributed by atoms with Crippen molar-refractivity contribution in [2.75, 3.05) is 11.5 Å². The highest BCUT2D eigenvalue weighted by Gasteiger charge is 2.34. The predicted molar refractivity (Wildman–Crippen MR) is 112 cm³/mol. The van der Waals surface area contributed by atoms with Crippen LogP contribution in [0.2, 0.25) is 0 Å². The van der Waals surface area contributed by atoms with Gasteiger partial charge < -0.3 is 9.69 Å². The summed E-state index contributed by atoms with van der Waals surface area (Å²) in [6, 6.07) is 16.5. The molecule has 0 radical (unpaired) electrons. The fraction of sp³-hybridized carbons (Fsp3) is 0.391. The van der Waals surface area contributed by atoms with Crippen molar-refractivity contribution < 1.29 is 19.7 Å². The van der Waals surface area contributed by atoms with Gasteiger partial charge in [-0.15, -0.1) is 0 Å². The average Bonchev–Trinajstić information content (AvgIpc) is 2.76. The van der Waals surface area contributed by atoms with Crippen LogP contribution in [0.25, 0.3) is 0 Å². The summed E-state index contributed by atoms with van der Waals surface area (Å²) >= 11 is 0. The Labute approximate surface area is 171 Å². The van der Waals surface area contributed by atoms with Crippen molar-refractivity contribution in [1.82, 2.24) is 5.32 Å². The van der Waals surface area contributed by atoms with Crippen LogP contribution in [0.5, 0.6) is 0 Å². The van der Waals surface area contributed by atoms with Gasteiger partial charge in [0.1, 0.15) is 12.9 Å². The second kappa shape index (κ2) is 10.3. The molecule has 0 saturated heterocycles. The number of nitrogens with zero attached hydrogens (tertiary/aromatic N) is 1. The second-order valence-corrected chi connectivity index (χ2v) is 7.48. The van der Waals surface area contributed by atoms with Crippen LogP contribution in [0.3, 0.4) is 0 Å². The average molecular weight is 396 g/mol. The zero-order valence-electron chi connectivity index (χ0n) is 16.7. The number of benzene rings is 2. The number of aryl methyl sites for hydroxylation is 2. The molecule has 154 valence electrons. The number of rotatable bonds is 9. The van der Waals surface area contributed by atoms with Gasteiger partial charge in [-0.3, -0.25) is 15.4 Å². The molecule has 0 aromatic heterocycles. The molecule has 2 N–H and O–H groups in total. The number of fused-ring (bicyclic) bond motifs is 1. The number of para-hydroxylation sites is 1. The van der Waals surface area contributed by atoms with E-state index in [1.807, 2.05) is 54.6 Å². The van der Waals surface area contributed by atoms with E-state index in [1.54, 1.807) is 11.8 Å². The van der Waals surface area contributed by atoms with Crippen molar-refractivity contribution in [2.45, 2.75) is 50.7 Å². The number of hydrogen-bond acceptors (Lipinski definition) is 5. The Bertz CT molecular complexity index is 812. The molecule has 1 aliphatic heterocycles. The lowest BCUT2D eigenvalue weighted by atomic mass is 9.95. The molecule has 1 aliphatic rings. The smallest absolute Gasteiger partial charge is 0.244 e. The molecule has 29 heavy (non-hydrogen) atoms. The van der Waals surface area contributed by atoms with Gasteiger partial charge in [0.25, 0.3) is 0 Å². The molecule has 0 fully saturated rings. The molecule has 0 saturated carbocycles. The zero-order chi connectivity index (χ0) is 20.6. The van der Waals surface area contributed by atoms with Gasteiger partial charge in [0.2, 0.25) is 5.91 Å². The van der Waals surface area contributed by atoms with Crippen molar-refractivity contribution in [3.8, 4) is 0 Å². The Balaban J connectivity index is 1.69. The molecule has 0 aliphatic carbocycles. The van der Waals surface area contributed by atoms with E-state index in [-0.39, 0.29) is 18.6 Å². The summed E-state index contributed by atoms with van der Waals surface area (Å²) in [5.74, 6) is -0.134. The SMILES string of the molecule is CC(N[C@H](C=O)CCc1ccccc1)C(=O)N1c2ccccc2CCC1COO. The maximum absolute atomic E-state index is 13.3. The molecule has 6 nitrogen and oxygen atoms in total. The number of carbonyl (C=O) groups excluding carboxylic acids is 2. The highest BCUT2D eigenvalue weighted by Crippen LogP contribution is 2.31. The van der Waals surface area contributed by atoms with E-state index in [0.717, 1.165) is 35.9 Å².